The summed E-state index contributed by atoms with van der Waals surface area (Å²) in [5.41, 5.74) is 4.85. The number of rotatable bonds is 8. The van der Waals surface area contributed by atoms with Gasteiger partial charge in [0.05, 0.1) is 5.60 Å². The lowest BCUT2D eigenvalue weighted by molar-refractivity contribution is 0.0564. The summed E-state index contributed by atoms with van der Waals surface area (Å²) in [5.74, 6) is 0.927. The van der Waals surface area contributed by atoms with Gasteiger partial charge in [-0.25, -0.2) is 0 Å². The summed E-state index contributed by atoms with van der Waals surface area (Å²) in [4.78, 5) is 2.47. The van der Waals surface area contributed by atoms with Crippen LogP contribution in [-0.2, 0) is 0 Å². The van der Waals surface area contributed by atoms with Crippen LogP contribution in [0.5, 0.6) is 0 Å². The lowest BCUT2D eigenvalue weighted by Gasteiger charge is -2.27. The van der Waals surface area contributed by atoms with Crippen molar-refractivity contribution in [3.63, 3.8) is 0 Å². The molecule has 0 bridgehead atoms. The Morgan fingerprint density at radius 2 is 1.89 bits per heavy atom. The molecule has 3 nitrogen and oxygen atoms in total. The van der Waals surface area contributed by atoms with Crippen LogP contribution in [0, 0.1) is 5.92 Å². The Balaban J connectivity index is 2.04. The van der Waals surface area contributed by atoms with Crippen molar-refractivity contribution < 1.29 is 5.11 Å². The van der Waals surface area contributed by atoms with E-state index in [1.54, 1.807) is 0 Å². The van der Waals surface area contributed by atoms with Crippen LogP contribution in [0.3, 0.4) is 0 Å². The molecule has 0 radical (unpaired) electrons. The van der Waals surface area contributed by atoms with Crippen molar-refractivity contribution in [3.05, 3.63) is 0 Å². The Bertz CT molecular complexity index is 213. The molecule has 0 saturated heterocycles. The molecule has 0 heterocycles. The highest BCUT2D eigenvalue weighted by molar-refractivity contribution is 4.73. The lowest BCUT2D eigenvalue weighted by atomic mass is 9.89. The fourth-order valence-corrected chi connectivity index (χ4v) is 2.89. The Morgan fingerprint density at radius 1 is 1.22 bits per heavy atom. The predicted octanol–water partition coefficient (Wildman–Crippen LogP) is 2.38. The van der Waals surface area contributed by atoms with E-state index in [0.717, 1.165) is 25.3 Å². The van der Waals surface area contributed by atoms with E-state index in [-0.39, 0.29) is 0 Å². The summed E-state index contributed by atoms with van der Waals surface area (Å²) in [6.07, 6.45) is 10.2. The van der Waals surface area contributed by atoms with Gasteiger partial charge in [0.15, 0.2) is 0 Å². The van der Waals surface area contributed by atoms with E-state index in [1.807, 2.05) is 6.92 Å². The van der Waals surface area contributed by atoms with Gasteiger partial charge in [0.2, 0.25) is 0 Å². The molecular formula is C15H32N2O. The van der Waals surface area contributed by atoms with E-state index in [4.69, 9.17) is 5.73 Å². The van der Waals surface area contributed by atoms with E-state index in [2.05, 4.69) is 11.9 Å². The summed E-state index contributed by atoms with van der Waals surface area (Å²) >= 11 is 0. The van der Waals surface area contributed by atoms with Gasteiger partial charge in [-0.2, -0.15) is 0 Å². The van der Waals surface area contributed by atoms with Gasteiger partial charge in [-0.1, -0.05) is 19.3 Å². The van der Waals surface area contributed by atoms with Gasteiger partial charge in [0.25, 0.3) is 0 Å². The molecule has 108 valence electrons. The molecule has 18 heavy (non-hydrogen) atoms. The second kappa shape index (κ2) is 8.13. The molecule has 0 spiro atoms. The maximum absolute atomic E-state index is 9.81. The van der Waals surface area contributed by atoms with Crippen LogP contribution >= 0.6 is 0 Å². The largest absolute Gasteiger partial charge is 0.389 e. The molecule has 1 fully saturated rings. The topological polar surface area (TPSA) is 49.5 Å². The average Bonchev–Trinajstić information content (AvgIpc) is 2.36. The molecule has 3 heteroatoms. The molecule has 1 unspecified atom stereocenters. The number of unbranched alkanes of at least 4 members (excludes halogenated alkanes) is 1. The molecule has 0 aliphatic heterocycles. The SMILES string of the molecule is CN(CCCCC(C)(O)CN)CC1CCCCC1. The standard InChI is InChI=1S/C15H32N2O/c1-15(18,13-16)10-6-7-11-17(2)12-14-8-4-3-5-9-14/h14,18H,3-13,16H2,1-2H3. The summed E-state index contributed by atoms with van der Waals surface area (Å²) in [6, 6.07) is 0. The maximum atomic E-state index is 9.81. The second-order valence-electron chi connectivity index (χ2n) is 6.42. The normalized spacial score (nSPS) is 21.2. The molecule has 1 aliphatic carbocycles. The van der Waals surface area contributed by atoms with Crippen LogP contribution in [0.2, 0.25) is 0 Å². The smallest absolute Gasteiger partial charge is 0.0741 e. The van der Waals surface area contributed by atoms with Crippen molar-refractivity contribution >= 4 is 0 Å². The first-order valence-electron chi connectivity index (χ1n) is 7.64. The third kappa shape index (κ3) is 6.72. The van der Waals surface area contributed by atoms with Crippen LogP contribution in [0.4, 0.5) is 0 Å². The molecular weight excluding hydrogens is 224 g/mol. The number of aliphatic hydroxyl groups is 1. The van der Waals surface area contributed by atoms with Gasteiger partial charge in [-0.15, -0.1) is 0 Å². The number of nitrogens with zero attached hydrogens (tertiary/aromatic N) is 1. The fourth-order valence-electron chi connectivity index (χ4n) is 2.89. The Labute approximate surface area is 113 Å². The number of nitrogens with two attached hydrogens (primary N) is 1. The molecule has 0 aromatic rings. The average molecular weight is 256 g/mol. The lowest BCUT2D eigenvalue weighted by Crippen LogP contribution is -2.34. The van der Waals surface area contributed by atoms with Crippen LogP contribution in [0.1, 0.15) is 58.3 Å². The second-order valence-corrected chi connectivity index (χ2v) is 6.42. The first-order chi connectivity index (χ1) is 8.53. The number of hydrogen-bond acceptors (Lipinski definition) is 3. The Kier molecular flexibility index (Phi) is 7.20. The van der Waals surface area contributed by atoms with Crippen molar-refractivity contribution in [1.29, 1.82) is 0 Å². The monoisotopic (exact) mass is 256 g/mol. The minimum absolute atomic E-state index is 0.366. The third-order valence-corrected chi connectivity index (χ3v) is 4.24. The molecule has 3 N–H and O–H groups in total. The first kappa shape index (κ1) is 15.9. The predicted molar refractivity (Wildman–Crippen MR) is 77.6 cm³/mol. The van der Waals surface area contributed by atoms with Gasteiger partial charge in [-0.05, 0) is 58.5 Å². The molecule has 1 aliphatic rings. The van der Waals surface area contributed by atoms with Crippen LogP contribution in [0.25, 0.3) is 0 Å². The summed E-state index contributed by atoms with van der Waals surface area (Å²) in [7, 11) is 2.23. The van der Waals surface area contributed by atoms with E-state index in [1.165, 1.54) is 45.1 Å². The van der Waals surface area contributed by atoms with Crippen molar-refractivity contribution in [1.82, 2.24) is 4.90 Å². The van der Waals surface area contributed by atoms with E-state index in [9.17, 15) is 5.11 Å². The molecule has 1 rings (SSSR count). The molecule has 0 amide bonds. The molecule has 0 aromatic carbocycles. The van der Waals surface area contributed by atoms with Crippen molar-refractivity contribution in [2.75, 3.05) is 26.7 Å². The summed E-state index contributed by atoms with van der Waals surface area (Å²) < 4.78 is 0. The zero-order valence-electron chi connectivity index (χ0n) is 12.3. The number of hydrogen-bond donors (Lipinski definition) is 2. The zero-order valence-corrected chi connectivity index (χ0v) is 12.3. The minimum atomic E-state index is -0.665. The highest BCUT2D eigenvalue weighted by Gasteiger charge is 2.18. The van der Waals surface area contributed by atoms with Gasteiger partial charge < -0.3 is 15.7 Å². The van der Waals surface area contributed by atoms with E-state index < -0.39 is 5.60 Å². The highest BCUT2D eigenvalue weighted by atomic mass is 16.3. The minimum Gasteiger partial charge on any atom is -0.389 e. The van der Waals surface area contributed by atoms with Crippen molar-refractivity contribution in [2.45, 2.75) is 63.9 Å². The summed E-state index contributed by atoms with van der Waals surface area (Å²) in [6.45, 7) is 4.61. The highest BCUT2D eigenvalue weighted by Crippen LogP contribution is 2.24. The molecule has 1 saturated carbocycles. The third-order valence-electron chi connectivity index (χ3n) is 4.24. The van der Waals surface area contributed by atoms with E-state index >= 15 is 0 Å². The Morgan fingerprint density at radius 3 is 2.50 bits per heavy atom. The summed E-state index contributed by atoms with van der Waals surface area (Å²) in [5, 5.41) is 9.81. The van der Waals surface area contributed by atoms with Gasteiger partial charge in [0, 0.05) is 13.1 Å². The fraction of sp³-hybridized carbons (Fsp3) is 1.00. The quantitative estimate of drug-likeness (QED) is 0.656. The van der Waals surface area contributed by atoms with E-state index in [0.29, 0.717) is 6.54 Å². The van der Waals surface area contributed by atoms with Crippen molar-refractivity contribution in [3.8, 4) is 0 Å². The van der Waals surface area contributed by atoms with Crippen molar-refractivity contribution in [2.24, 2.45) is 11.7 Å². The molecule has 0 aromatic heterocycles. The van der Waals surface area contributed by atoms with Crippen LogP contribution < -0.4 is 5.73 Å². The van der Waals surface area contributed by atoms with Crippen LogP contribution in [-0.4, -0.2) is 42.3 Å². The first-order valence-corrected chi connectivity index (χ1v) is 7.64. The van der Waals surface area contributed by atoms with Gasteiger partial charge in [-0.3, -0.25) is 0 Å². The maximum Gasteiger partial charge on any atom is 0.0741 e. The zero-order chi connectivity index (χ0) is 13.4. The van der Waals surface area contributed by atoms with Gasteiger partial charge >= 0.3 is 0 Å². The molecule has 1 atom stereocenters. The van der Waals surface area contributed by atoms with Gasteiger partial charge in [0.1, 0.15) is 0 Å². The van der Waals surface area contributed by atoms with Crippen LogP contribution in [0.15, 0.2) is 0 Å². The Hall–Kier alpha value is -0.120.